The molecule has 13 heavy (non-hydrogen) atoms. The van der Waals surface area contributed by atoms with Crippen LogP contribution in [0.4, 0.5) is 0 Å². The number of rotatable bonds is 5. The molecule has 2 nitrogen and oxygen atoms in total. The molecule has 2 heteroatoms. The first-order valence-electron chi connectivity index (χ1n) is 4.86. The molecule has 0 radical (unpaired) electrons. The minimum Gasteiger partial charge on any atom is -0.354 e. The van der Waals surface area contributed by atoms with Gasteiger partial charge < -0.3 is 9.36 Å². The van der Waals surface area contributed by atoms with Gasteiger partial charge in [-0.15, -0.1) is 0 Å². The Kier molecular flexibility index (Phi) is 3.74. The fourth-order valence-corrected chi connectivity index (χ4v) is 1.36. The number of carbonyl (C=O) groups excluding carboxylic acids is 1. The maximum Gasteiger partial charge on any atom is 0.130 e. The van der Waals surface area contributed by atoms with Gasteiger partial charge in [0.15, 0.2) is 0 Å². The summed E-state index contributed by atoms with van der Waals surface area (Å²) < 4.78 is 2.18. The Morgan fingerprint density at radius 2 is 2.31 bits per heavy atom. The number of carbonyl (C=O) groups is 1. The van der Waals surface area contributed by atoms with Crippen LogP contribution in [0.15, 0.2) is 18.5 Å². The molecule has 0 amide bonds. The summed E-state index contributed by atoms with van der Waals surface area (Å²) in [6, 6.07) is 2.10. The molecule has 0 aliphatic carbocycles. The van der Waals surface area contributed by atoms with E-state index in [1.807, 2.05) is 0 Å². The summed E-state index contributed by atoms with van der Waals surface area (Å²) in [6.07, 6.45) is 6.91. The molecule has 0 saturated heterocycles. The molecule has 1 rings (SSSR count). The van der Waals surface area contributed by atoms with Crippen LogP contribution in [-0.2, 0) is 17.8 Å². The van der Waals surface area contributed by atoms with E-state index in [1.165, 1.54) is 5.56 Å². The van der Waals surface area contributed by atoms with Crippen molar-refractivity contribution in [3.05, 3.63) is 24.0 Å². The van der Waals surface area contributed by atoms with Crippen LogP contribution in [-0.4, -0.2) is 10.4 Å². The van der Waals surface area contributed by atoms with Gasteiger partial charge >= 0.3 is 0 Å². The van der Waals surface area contributed by atoms with Crippen molar-refractivity contribution in [1.29, 1.82) is 0 Å². The SMILES string of the molecule is CCCn1ccc(CCC(C)=O)c1. The molecule has 0 saturated carbocycles. The minimum atomic E-state index is 0.267. The van der Waals surface area contributed by atoms with Crippen molar-refractivity contribution in [2.45, 2.75) is 39.7 Å². The first-order chi connectivity index (χ1) is 6.22. The third-order valence-electron chi connectivity index (χ3n) is 2.06. The second-order valence-electron chi connectivity index (χ2n) is 3.46. The molecular formula is C11H17NO. The van der Waals surface area contributed by atoms with Crippen LogP contribution in [0.1, 0.15) is 32.3 Å². The van der Waals surface area contributed by atoms with Gasteiger partial charge in [0, 0.05) is 25.4 Å². The molecule has 1 aromatic rings. The van der Waals surface area contributed by atoms with Crippen molar-refractivity contribution < 1.29 is 4.79 Å². The summed E-state index contributed by atoms with van der Waals surface area (Å²) >= 11 is 0. The number of hydrogen-bond donors (Lipinski definition) is 0. The zero-order valence-corrected chi connectivity index (χ0v) is 8.42. The number of nitrogens with zero attached hydrogens (tertiary/aromatic N) is 1. The first-order valence-corrected chi connectivity index (χ1v) is 4.86. The lowest BCUT2D eigenvalue weighted by atomic mass is 10.1. The lowest BCUT2D eigenvalue weighted by Crippen LogP contribution is -1.94. The van der Waals surface area contributed by atoms with Crippen LogP contribution < -0.4 is 0 Å². The highest BCUT2D eigenvalue weighted by Gasteiger charge is 1.98. The minimum absolute atomic E-state index is 0.267. The second-order valence-corrected chi connectivity index (χ2v) is 3.46. The number of ketones is 1. The van der Waals surface area contributed by atoms with Crippen LogP contribution >= 0.6 is 0 Å². The summed E-state index contributed by atoms with van der Waals surface area (Å²) in [5.74, 6) is 0.267. The Bertz CT molecular complexity index is 275. The monoisotopic (exact) mass is 179 g/mol. The highest BCUT2D eigenvalue weighted by atomic mass is 16.1. The fourth-order valence-electron chi connectivity index (χ4n) is 1.36. The Morgan fingerprint density at radius 3 is 2.92 bits per heavy atom. The van der Waals surface area contributed by atoms with Gasteiger partial charge in [-0.2, -0.15) is 0 Å². The van der Waals surface area contributed by atoms with Gasteiger partial charge in [0.2, 0.25) is 0 Å². The van der Waals surface area contributed by atoms with Gasteiger partial charge in [0.1, 0.15) is 5.78 Å². The second kappa shape index (κ2) is 4.85. The molecule has 0 bridgehead atoms. The van der Waals surface area contributed by atoms with Crippen molar-refractivity contribution in [3.63, 3.8) is 0 Å². The lowest BCUT2D eigenvalue weighted by Gasteiger charge is -1.97. The highest BCUT2D eigenvalue weighted by molar-refractivity contribution is 5.75. The van der Waals surface area contributed by atoms with E-state index in [9.17, 15) is 4.79 Å². The summed E-state index contributed by atoms with van der Waals surface area (Å²) in [5.41, 5.74) is 1.27. The van der Waals surface area contributed by atoms with Gasteiger partial charge in [0.05, 0.1) is 0 Å². The van der Waals surface area contributed by atoms with E-state index >= 15 is 0 Å². The van der Waals surface area contributed by atoms with Gasteiger partial charge in [0.25, 0.3) is 0 Å². The predicted molar refractivity (Wildman–Crippen MR) is 53.7 cm³/mol. The maximum atomic E-state index is 10.7. The zero-order valence-electron chi connectivity index (χ0n) is 8.42. The number of Topliss-reactive ketones (excluding diaryl/α,β-unsaturated/α-hetero) is 1. The van der Waals surface area contributed by atoms with Gasteiger partial charge in [-0.25, -0.2) is 0 Å². The van der Waals surface area contributed by atoms with E-state index in [-0.39, 0.29) is 5.78 Å². The summed E-state index contributed by atoms with van der Waals surface area (Å²) in [7, 11) is 0. The number of hydrogen-bond acceptors (Lipinski definition) is 1. The molecule has 1 aromatic heterocycles. The van der Waals surface area contributed by atoms with E-state index < -0.39 is 0 Å². The van der Waals surface area contributed by atoms with Crippen LogP contribution in [0.5, 0.6) is 0 Å². The average molecular weight is 179 g/mol. The van der Waals surface area contributed by atoms with Crippen molar-refractivity contribution in [1.82, 2.24) is 4.57 Å². The van der Waals surface area contributed by atoms with E-state index in [1.54, 1.807) is 6.92 Å². The quantitative estimate of drug-likeness (QED) is 0.680. The fraction of sp³-hybridized carbons (Fsp3) is 0.545. The lowest BCUT2D eigenvalue weighted by molar-refractivity contribution is -0.116. The Morgan fingerprint density at radius 1 is 1.54 bits per heavy atom. The number of aromatic nitrogens is 1. The summed E-state index contributed by atoms with van der Waals surface area (Å²) in [4.78, 5) is 10.7. The van der Waals surface area contributed by atoms with E-state index in [0.29, 0.717) is 6.42 Å². The van der Waals surface area contributed by atoms with Crippen molar-refractivity contribution in [2.75, 3.05) is 0 Å². The van der Waals surface area contributed by atoms with Crippen LogP contribution in [0.3, 0.4) is 0 Å². The Balaban J connectivity index is 2.44. The summed E-state index contributed by atoms with van der Waals surface area (Å²) in [5, 5.41) is 0. The predicted octanol–water partition coefficient (Wildman–Crippen LogP) is 2.42. The average Bonchev–Trinajstić information content (AvgIpc) is 2.50. The van der Waals surface area contributed by atoms with E-state index in [2.05, 4.69) is 30.0 Å². The van der Waals surface area contributed by atoms with Crippen LogP contribution in [0.2, 0.25) is 0 Å². The molecule has 0 unspecified atom stereocenters. The molecule has 0 atom stereocenters. The Labute approximate surface area is 79.6 Å². The van der Waals surface area contributed by atoms with E-state index in [0.717, 1.165) is 19.4 Å². The first kappa shape index (κ1) is 10.0. The standard InChI is InChI=1S/C11H17NO/c1-3-7-12-8-6-11(9-12)5-4-10(2)13/h6,8-9H,3-5,7H2,1-2H3. The number of aryl methyl sites for hydroxylation is 2. The third-order valence-corrected chi connectivity index (χ3v) is 2.06. The third kappa shape index (κ3) is 3.45. The highest BCUT2D eigenvalue weighted by Crippen LogP contribution is 2.05. The Hall–Kier alpha value is -1.05. The normalized spacial score (nSPS) is 10.3. The maximum absolute atomic E-state index is 10.7. The molecule has 0 fully saturated rings. The van der Waals surface area contributed by atoms with Gasteiger partial charge in [-0.05, 0) is 31.4 Å². The van der Waals surface area contributed by atoms with Crippen molar-refractivity contribution in [3.8, 4) is 0 Å². The van der Waals surface area contributed by atoms with Crippen molar-refractivity contribution >= 4 is 5.78 Å². The molecule has 0 spiro atoms. The smallest absolute Gasteiger partial charge is 0.130 e. The molecule has 0 N–H and O–H groups in total. The van der Waals surface area contributed by atoms with Crippen LogP contribution in [0, 0.1) is 0 Å². The molecule has 0 aromatic carbocycles. The largest absolute Gasteiger partial charge is 0.354 e. The molecule has 0 aliphatic heterocycles. The molecular weight excluding hydrogens is 162 g/mol. The molecule has 1 heterocycles. The molecule has 0 aliphatic rings. The van der Waals surface area contributed by atoms with Gasteiger partial charge in [-0.3, -0.25) is 0 Å². The van der Waals surface area contributed by atoms with Crippen molar-refractivity contribution in [2.24, 2.45) is 0 Å². The van der Waals surface area contributed by atoms with Crippen LogP contribution in [0.25, 0.3) is 0 Å². The summed E-state index contributed by atoms with van der Waals surface area (Å²) in [6.45, 7) is 4.87. The zero-order chi connectivity index (χ0) is 9.68. The molecule has 72 valence electrons. The van der Waals surface area contributed by atoms with E-state index in [4.69, 9.17) is 0 Å². The topological polar surface area (TPSA) is 22.0 Å². The van der Waals surface area contributed by atoms with Gasteiger partial charge in [-0.1, -0.05) is 6.92 Å².